The number of methoxy groups -OCH3 is 1. The van der Waals surface area contributed by atoms with Gasteiger partial charge in [0.25, 0.3) is 0 Å². The fourth-order valence-electron chi connectivity index (χ4n) is 1.10. The highest BCUT2D eigenvalue weighted by molar-refractivity contribution is 5.27. The van der Waals surface area contributed by atoms with Gasteiger partial charge in [-0.3, -0.25) is 0 Å². The second kappa shape index (κ2) is 4.78. The molecule has 2 heteroatoms. The highest BCUT2D eigenvalue weighted by Gasteiger charge is 1.93. The highest BCUT2D eigenvalue weighted by Crippen LogP contribution is 2.10. The second-order valence-electron chi connectivity index (χ2n) is 2.79. The zero-order valence-corrected chi connectivity index (χ0v) is 7.71. The van der Waals surface area contributed by atoms with Crippen molar-refractivity contribution >= 4 is 0 Å². The van der Waals surface area contributed by atoms with Gasteiger partial charge in [0.05, 0.1) is 20.7 Å². The maximum absolute atomic E-state index is 5.07. The van der Waals surface area contributed by atoms with E-state index in [0.717, 1.165) is 18.7 Å². The summed E-state index contributed by atoms with van der Waals surface area (Å²) in [5.41, 5.74) is 1.37. The van der Waals surface area contributed by atoms with Gasteiger partial charge in [-0.2, -0.15) is 0 Å². The van der Waals surface area contributed by atoms with Crippen LogP contribution in [0.2, 0.25) is 0 Å². The molecular formula is C10H16NO+. The lowest BCUT2D eigenvalue weighted by Crippen LogP contribution is -2.80. The fourth-order valence-corrected chi connectivity index (χ4v) is 1.10. The maximum atomic E-state index is 5.07. The molecule has 0 spiro atoms. The van der Waals surface area contributed by atoms with Crippen molar-refractivity contribution in [2.75, 3.05) is 20.7 Å². The van der Waals surface area contributed by atoms with Gasteiger partial charge >= 0.3 is 0 Å². The van der Waals surface area contributed by atoms with Crippen molar-refractivity contribution in [3.05, 3.63) is 29.8 Å². The molecule has 0 aliphatic rings. The van der Waals surface area contributed by atoms with E-state index in [9.17, 15) is 0 Å². The van der Waals surface area contributed by atoms with E-state index < -0.39 is 0 Å². The van der Waals surface area contributed by atoms with E-state index in [2.05, 4.69) is 24.5 Å². The Kier molecular flexibility index (Phi) is 3.61. The molecule has 0 fully saturated rings. The Balaban J connectivity index is 2.53. The molecule has 0 aliphatic heterocycles. The molecule has 0 amide bonds. The Bertz CT molecular complexity index is 218. The predicted octanol–water partition coefficient (Wildman–Crippen LogP) is 0.431. The van der Waals surface area contributed by atoms with E-state index >= 15 is 0 Å². The number of likely N-dealkylation sites (N-methyl/N-ethyl adjacent to an activating group) is 1. The zero-order valence-electron chi connectivity index (χ0n) is 7.71. The van der Waals surface area contributed by atoms with E-state index in [1.165, 1.54) is 5.56 Å². The number of rotatable bonds is 4. The summed E-state index contributed by atoms with van der Waals surface area (Å²) in [5, 5.41) is 2.18. The molecule has 12 heavy (non-hydrogen) atoms. The monoisotopic (exact) mass is 166 g/mol. The zero-order chi connectivity index (χ0) is 8.81. The van der Waals surface area contributed by atoms with Crippen LogP contribution in [0.3, 0.4) is 0 Å². The summed E-state index contributed by atoms with van der Waals surface area (Å²) in [6.45, 7) is 1.15. The van der Waals surface area contributed by atoms with Crippen LogP contribution in [0.15, 0.2) is 24.3 Å². The first-order valence-electron chi connectivity index (χ1n) is 4.27. The Morgan fingerprint density at radius 3 is 2.42 bits per heavy atom. The van der Waals surface area contributed by atoms with E-state index in [1.54, 1.807) is 7.11 Å². The van der Waals surface area contributed by atoms with E-state index in [0.29, 0.717) is 0 Å². The molecule has 0 unspecified atom stereocenters. The van der Waals surface area contributed by atoms with Crippen LogP contribution in [0.25, 0.3) is 0 Å². The molecule has 1 aromatic rings. The predicted molar refractivity (Wildman–Crippen MR) is 49.4 cm³/mol. The Labute approximate surface area is 73.6 Å². The standard InChI is InChI=1S/C10H15NO/c1-11-8-7-9-3-5-10(12-2)6-4-9/h3-6,11H,7-8H2,1-2H3/p+1. The number of quaternary nitrogens is 1. The molecule has 0 radical (unpaired) electrons. The van der Waals surface area contributed by atoms with Gasteiger partial charge in [0.15, 0.2) is 0 Å². The van der Waals surface area contributed by atoms with E-state index in [1.807, 2.05) is 12.1 Å². The minimum Gasteiger partial charge on any atom is -0.497 e. The molecule has 0 aromatic heterocycles. The SMILES string of the molecule is C[NH2+]CCc1ccc(OC)cc1. The maximum Gasteiger partial charge on any atom is 0.118 e. The Morgan fingerprint density at radius 2 is 1.92 bits per heavy atom. The van der Waals surface area contributed by atoms with Crippen molar-refractivity contribution in [1.82, 2.24) is 0 Å². The molecule has 1 rings (SSSR count). The summed E-state index contributed by atoms with van der Waals surface area (Å²) in [6.07, 6.45) is 1.13. The second-order valence-corrected chi connectivity index (χ2v) is 2.79. The lowest BCUT2D eigenvalue weighted by Gasteiger charge is -2.01. The van der Waals surface area contributed by atoms with Crippen LogP contribution in [0, 0.1) is 0 Å². The first-order valence-corrected chi connectivity index (χ1v) is 4.27. The van der Waals surface area contributed by atoms with Crippen LogP contribution in [0.5, 0.6) is 5.75 Å². The van der Waals surface area contributed by atoms with Gasteiger partial charge in [-0.1, -0.05) is 12.1 Å². The van der Waals surface area contributed by atoms with Crippen LogP contribution in [-0.4, -0.2) is 20.7 Å². The first kappa shape index (κ1) is 9.07. The normalized spacial score (nSPS) is 9.83. The first-order chi connectivity index (χ1) is 5.86. The molecule has 66 valence electrons. The summed E-state index contributed by atoms with van der Waals surface area (Å²) in [5.74, 6) is 0.930. The number of hydrogen-bond acceptors (Lipinski definition) is 1. The van der Waals surface area contributed by atoms with Gasteiger partial charge in [0.1, 0.15) is 5.75 Å². The molecule has 0 aliphatic carbocycles. The van der Waals surface area contributed by atoms with Gasteiger partial charge in [-0.05, 0) is 17.7 Å². The third-order valence-electron chi connectivity index (χ3n) is 1.88. The van der Waals surface area contributed by atoms with E-state index in [-0.39, 0.29) is 0 Å². The third-order valence-corrected chi connectivity index (χ3v) is 1.88. The number of ether oxygens (including phenoxy) is 1. The molecule has 0 heterocycles. The topological polar surface area (TPSA) is 25.8 Å². The van der Waals surface area contributed by atoms with E-state index in [4.69, 9.17) is 4.74 Å². The molecule has 0 atom stereocenters. The van der Waals surface area contributed by atoms with Crippen molar-refractivity contribution in [3.63, 3.8) is 0 Å². The minimum atomic E-state index is 0.930. The van der Waals surface area contributed by atoms with Crippen molar-refractivity contribution in [3.8, 4) is 5.75 Å². The van der Waals surface area contributed by atoms with Gasteiger partial charge in [0.2, 0.25) is 0 Å². The van der Waals surface area contributed by atoms with Crippen molar-refractivity contribution < 1.29 is 10.1 Å². The van der Waals surface area contributed by atoms with Crippen LogP contribution in [-0.2, 0) is 6.42 Å². The molecule has 2 N–H and O–H groups in total. The van der Waals surface area contributed by atoms with Crippen LogP contribution in [0.1, 0.15) is 5.56 Å². The smallest absolute Gasteiger partial charge is 0.118 e. The van der Waals surface area contributed by atoms with Gasteiger partial charge in [-0.25, -0.2) is 0 Å². The van der Waals surface area contributed by atoms with Crippen LogP contribution < -0.4 is 10.1 Å². The molecule has 0 saturated carbocycles. The molecular weight excluding hydrogens is 150 g/mol. The summed E-state index contributed by atoms with van der Waals surface area (Å²) in [4.78, 5) is 0. The molecule has 1 aromatic carbocycles. The summed E-state index contributed by atoms with van der Waals surface area (Å²) in [6, 6.07) is 8.24. The molecule has 0 bridgehead atoms. The average Bonchev–Trinajstić information content (AvgIpc) is 2.15. The minimum absolute atomic E-state index is 0.930. The number of nitrogens with two attached hydrogens (primary N) is 1. The van der Waals surface area contributed by atoms with Crippen molar-refractivity contribution in [2.45, 2.75) is 6.42 Å². The van der Waals surface area contributed by atoms with Gasteiger partial charge in [-0.15, -0.1) is 0 Å². The lowest BCUT2D eigenvalue weighted by molar-refractivity contribution is -0.626. The van der Waals surface area contributed by atoms with Gasteiger partial charge in [0, 0.05) is 6.42 Å². The Hall–Kier alpha value is -1.02. The number of benzene rings is 1. The summed E-state index contributed by atoms with van der Waals surface area (Å²) in [7, 11) is 3.78. The Morgan fingerprint density at radius 1 is 1.25 bits per heavy atom. The highest BCUT2D eigenvalue weighted by atomic mass is 16.5. The van der Waals surface area contributed by atoms with Crippen molar-refractivity contribution in [1.29, 1.82) is 0 Å². The quantitative estimate of drug-likeness (QED) is 0.689. The average molecular weight is 166 g/mol. The molecule has 0 saturated heterocycles. The third kappa shape index (κ3) is 2.55. The fraction of sp³-hybridized carbons (Fsp3) is 0.400. The summed E-state index contributed by atoms with van der Waals surface area (Å²) >= 11 is 0. The van der Waals surface area contributed by atoms with Crippen LogP contribution in [0.4, 0.5) is 0 Å². The van der Waals surface area contributed by atoms with Gasteiger partial charge < -0.3 is 10.1 Å². The largest absolute Gasteiger partial charge is 0.497 e. The summed E-state index contributed by atoms with van der Waals surface area (Å²) < 4.78 is 5.07. The lowest BCUT2D eigenvalue weighted by atomic mass is 10.1. The molecule has 2 nitrogen and oxygen atoms in total. The van der Waals surface area contributed by atoms with Crippen molar-refractivity contribution in [2.24, 2.45) is 0 Å². The number of hydrogen-bond donors (Lipinski definition) is 1. The van der Waals surface area contributed by atoms with Crippen LogP contribution >= 0.6 is 0 Å².